The average molecular weight is 418 g/mol. The van der Waals surface area contributed by atoms with Gasteiger partial charge in [-0.05, 0) is 42.0 Å². The van der Waals surface area contributed by atoms with Crippen molar-refractivity contribution in [1.29, 1.82) is 0 Å². The molecule has 30 heavy (non-hydrogen) atoms. The fourth-order valence-electron chi connectivity index (χ4n) is 2.97. The first kappa shape index (κ1) is 19.6. The first-order chi connectivity index (χ1) is 14.3. The third-order valence-electron chi connectivity index (χ3n) is 4.43. The number of nitrogens with one attached hydrogen (secondary N) is 2. The van der Waals surface area contributed by atoms with Crippen LogP contribution in [-0.4, -0.2) is 22.5 Å². The summed E-state index contributed by atoms with van der Waals surface area (Å²) in [5.41, 5.74) is 0.972. The molecule has 10 heteroatoms. The summed E-state index contributed by atoms with van der Waals surface area (Å²) < 4.78 is 50.1. The van der Waals surface area contributed by atoms with Gasteiger partial charge in [-0.2, -0.15) is 18.3 Å². The molecule has 1 aliphatic rings. The zero-order chi connectivity index (χ0) is 21.3. The molecule has 2 N–H and O–H groups in total. The molecule has 0 fully saturated rings. The number of carbonyl (C=O) groups is 1. The lowest BCUT2D eigenvalue weighted by Gasteiger charge is -2.09. The lowest BCUT2D eigenvalue weighted by Crippen LogP contribution is -2.15. The molecular formula is C20H17F3N4O3. The second kappa shape index (κ2) is 7.62. The molecule has 0 bridgehead atoms. The number of anilines is 2. The van der Waals surface area contributed by atoms with Crippen molar-refractivity contribution >= 4 is 17.3 Å². The predicted octanol–water partition coefficient (Wildman–Crippen LogP) is 4.03. The van der Waals surface area contributed by atoms with Crippen LogP contribution in [0.15, 0.2) is 48.7 Å². The minimum absolute atomic E-state index is 0.123. The van der Waals surface area contributed by atoms with E-state index in [9.17, 15) is 18.0 Å². The number of aromatic nitrogens is 2. The van der Waals surface area contributed by atoms with Crippen LogP contribution in [0, 0.1) is 0 Å². The minimum Gasteiger partial charge on any atom is -0.454 e. The Balaban J connectivity index is 1.45. The Morgan fingerprint density at radius 2 is 1.87 bits per heavy atom. The Morgan fingerprint density at radius 1 is 1.13 bits per heavy atom. The lowest BCUT2D eigenvalue weighted by molar-refractivity contribution is -0.137. The normalized spacial score (nSPS) is 12.7. The highest BCUT2D eigenvalue weighted by Crippen LogP contribution is 2.33. The van der Waals surface area contributed by atoms with Gasteiger partial charge >= 0.3 is 6.18 Å². The van der Waals surface area contributed by atoms with Gasteiger partial charge in [0.05, 0.1) is 11.3 Å². The van der Waals surface area contributed by atoms with Crippen LogP contribution in [0.2, 0.25) is 0 Å². The van der Waals surface area contributed by atoms with E-state index >= 15 is 0 Å². The van der Waals surface area contributed by atoms with E-state index in [1.54, 1.807) is 19.3 Å². The lowest BCUT2D eigenvalue weighted by atomic mass is 10.2. The molecule has 156 valence electrons. The number of amides is 1. The molecule has 7 nitrogen and oxygen atoms in total. The van der Waals surface area contributed by atoms with Crippen molar-refractivity contribution in [2.45, 2.75) is 12.7 Å². The van der Waals surface area contributed by atoms with Crippen LogP contribution in [0.25, 0.3) is 0 Å². The van der Waals surface area contributed by atoms with Gasteiger partial charge in [0.25, 0.3) is 5.91 Å². The van der Waals surface area contributed by atoms with E-state index in [1.807, 2.05) is 12.1 Å². The van der Waals surface area contributed by atoms with Crippen LogP contribution < -0.4 is 20.1 Å². The van der Waals surface area contributed by atoms with E-state index < -0.39 is 17.6 Å². The number of benzene rings is 2. The van der Waals surface area contributed by atoms with Gasteiger partial charge in [0.15, 0.2) is 17.2 Å². The molecular weight excluding hydrogens is 401 g/mol. The van der Waals surface area contributed by atoms with Crippen molar-refractivity contribution in [2.24, 2.45) is 7.05 Å². The smallest absolute Gasteiger partial charge is 0.416 e. The molecule has 0 atom stereocenters. The van der Waals surface area contributed by atoms with Gasteiger partial charge in [0.1, 0.15) is 0 Å². The number of hydrogen-bond donors (Lipinski definition) is 2. The summed E-state index contributed by atoms with van der Waals surface area (Å²) in [5.74, 6) is 0.793. The molecule has 4 rings (SSSR count). The Hall–Kier alpha value is -3.69. The quantitative estimate of drug-likeness (QED) is 0.654. The molecule has 3 aromatic rings. The molecule has 0 saturated heterocycles. The summed E-state index contributed by atoms with van der Waals surface area (Å²) >= 11 is 0. The van der Waals surface area contributed by atoms with Gasteiger partial charge < -0.3 is 20.1 Å². The average Bonchev–Trinajstić information content (AvgIpc) is 3.31. The zero-order valence-corrected chi connectivity index (χ0v) is 15.8. The van der Waals surface area contributed by atoms with Crippen LogP contribution in [0.1, 0.15) is 21.6 Å². The van der Waals surface area contributed by atoms with Crippen LogP contribution in [0.3, 0.4) is 0 Å². The SMILES string of the molecule is Cn1cc(NCc2ccc3c(c2)OCO3)c(C(=O)Nc2ccc(C(F)(F)F)cc2)n1. The van der Waals surface area contributed by atoms with Crippen LogP contribution in [-0.2, 0) is 19.8 Å². The van der Waals surface area contributed by atoms with E-state index in [4.69, 9.17) is 9.47 Å². The highest BCUT2D eigenvalue weighted by molar-refractivity contribution is 6.06. The Labute approximate surface area is 169 Å². The number of alkyl halides is 3. The second-order valence-electron chi connectivity index (χ2n) is 6.64. The number of aryl methyl sites for hydroxylation is 1. The number of rotatable bonds is 5. The molecule has 0 spiro atoms. The van der Waals surface area contributed by atoms with E-state index in [-0.39, 0.29) is 18.2 Å². The summed E-state index contributed by atoms with van der Waals surface area (Å²) in [6, 6.07) is 9.74. The summed E-state index contributed by atoms with van der Waals surface area (Å²) in [6.07, 6.45) is -2.79. The van der Waals surface area contributed by atoms with E-state index in [0.29, 0.717) is 23.7 Å². The van der Waals surface area contributed by atoms with Gasteiger partial charge in [0, 0.05) is 25.5 Å². The molecule has 1 aliphatic heterocycles. The predicted molar refractivity (Wildman–Crippen MR) is 102 cm³/mol. The number of nitrogens with zero attached hydrogens (tertiary/aromatic N) is 2. The molecule has 1 aromatic heterocycles. The molecule has 1 amide bonds. The van der Waals surface area contributed by atoms with Crippen molar-refractivity contribution in [3.63, 3.8) is 0 Å². The van der Waals surface area contributed by atoms with Gasteiger partial charge in [0.2, 0.25) is 6.79 Å². The Kier molecular flexibility index (Phi) is 4.98. The third-order valence-corrected chi connectivity index (χ3v) is 4.43. The Bertz CT molecular complexity index is 1080. The van der Waals surface area contributed by atoms with Crippen LogP contribution in [0.5, 0.6) is 11.5 Å². The standard InChI is InChI=1S/C20H17F3N4O3/c1-27-10-15(24-9-12-2-7-16-17(8-12)30-11-29-16)18(26-27)19(28)25-14-5-3-13(4-6-14)20(21,22)23/h2-8,10,24H,9,11H2,1H3,(H,25,28). The second-order valence-corrected chi connectivity index (χ2v) is 6.64. The maximum absolute atomic E-state index is 12.7. The molecule has 2 aromatic carbocycles. The van der Waals surface area contributed by atoms with E-state index in [0.717, 1.165) is 17.7 Å². The Morgan fingerprint density at radius 3 is 2.60 bits per heavy atom. The van der Waals surface area contributed by atoms with Crippen molar-refractivity contribution in [3.05, 3.63) is 65.5 Å². The zero-order valence-electron chi connectivity index (χ0n) is 15.8. The van der Waals surface area contributed by atoms with Crippen molar-refractivity contribution in [2.75, 3.05) is 17.4 Å². The summed E-state index contributed by atoms with van der Waals surface area (Å²) in [6.45, 7) is 0.589. The number of ether oxygens (including phenoxy) is 2. The van der Waals surface area contributed by atoms with Gasteiger partial charge in [-0.1, -0.05) is 6.07 Å². The monoisotopic (exact) mass is 418 g/mol. The topological polar surface area (TPSA) is 77.4 Å². The van der Waals surface area contributed by atoms with Crippen LogP contribution in [0.4, 0.5) is 24.5 Å². The molecule has 0 unspecified atom stereocenters. The maximum Gasteiger partial charge on any atom is 0.416 e. The molecule has 0 aliphatic carbocycles. The first-order valence-electron chi connectivity index (χ1n) is 8.94. The third kappa shape index (κ3) is 4.17. The molecule has 2 heterocycles. The van der Waals surface area contributed by atoms with Crippen molar-refractivity contribution in [1.82, 2.24) is 9.78 Å². The number of carbonyl (C=O) groups excluding carboxylic acids is 1. The van der Waals surface area contributed by atoms with Crippen molar-refractivity contribution < 1.29 is 27.4 Å². The maximum atomic E-state index is 12.7. The summed E-state index contributed by atoms with van der Waals surface area (Å²) in [4.78, 5) is 12.6. The number of hydrogen-bond acceptors (Lipinski definition) is 5. The van der Waals surface area contributed by atoms with Gasteiger partial charge in [-0.15, -0.1) is 0 Å². The van der Waals surface area contributed by atoms with Crippen LogP contribution >= 0.6 is 0 Å². The van der Waals surface area contributed by atoms with Gasteiger partial charge in [-0.3, -0.25) is 9.48 Å². The summed E-state index contributed by atoms with van der Waals surface area (Å²) in [5, 5.41) is 9.86. The van der Waals surface area contributed by atoms with Gasteiger partial charge in [-0.25, -0.2) is 0 Å². The number of fused-ring (bicyclic) bond motifs is 1. The van der Waals surface area contributed by atoms with E-state index in [2.05, 4.69) is 15.7 Å². The highest BCUT2D eigenvalue weighted by atomic mass is 19.4. The largest absolute Gasteiger partial charge is 0.454 e. The first-order valence-corrected chi connectivity index (χ1v) is 8.94. The summed E-state index contributed by atoms with van der Waals surface area (Å²) in [7, 11) is 1.67. The fraction of sp³-hybridized carbons (Fsp3) is 0.200. The van der Waals surface area contributed by atoms with E-state index in [1.165, 1.54) is 16.8 Å². The molecule has 0 radical (unpaired) electrons. The number of halogens is 3. The fourth-order valence-corrected chi connectivity index (χ4v) is 2.97. The van der Waals surface area contributed by atoms with Crippen molar-refractivity contribution in [3.8, 4) is 11.5 Å². The highest BCUT2D eigenvalue weighted by Gasteiger charge is 2.30. The molecule has 0 saturated carbocycles. The minimum atomic E-state index is -4.44.